The maximum atomic E-state index is 12.6. The Kier molecular flexibility index (Phi) is 3.66. The SMILES string of the molecule is O=C([C@@H]1CCCNC1)N1CCCC1c1cccs1. The van der Waals surface area contributed by atoms with Crippen LogP contribution >= 0.6 is 11.3 Å². The van der Waals surface area contributed by atoms with Crippen LogP contribution in [-0.4, -0.2) is 30.4 Å². The van der Waals surface area contributed by atoms with Crippen molar-refractivity contribution in [2.24, 2.45) is 5.92 Å². The summed E-state index contributed by atoms with van der Waals surface area (Å²) in [6.07, 6.45) is 4.47. The van der Waals surface area contributed by atoms with E-state index in [0.717, 1.165) is 45.3 Å². The van der Waals surface area contributed by atoms with Crippen LogP contribution in [0.5, 0.6) is 0 Å². The third-order valence-corrected chi connectivity index (χ3v) is 5.03. The Labute approximate surface area is 112 Å². The topological polar surface area (TPSA) is 32.3 Å². The third-order valence-electron chi connectivity index (χ3n) is 4.05. The van der Waals surface area contributed by atoms with E-state index in [1.165, 1.54) is 4.88 Å². The van der Waals surface area contributed by atoms with Gasteiger partial charge in [0.25, 0.3) is 0 Å². The molecule has 18 heavy (non-hydrogen) atoms. The summed E-state index contributed by atoms with van der Waals surface area (Å²) in [6, 6.07) is 4.60. The lowest BCUT2D eigenvalue weighted by atomic mass is 9.97. The van der Waals surface area contributed by atoms with E-state index in [-0.39, 0.29) is 5.92 Å². The molecule has 2 aliphatic heterocycles. The van der Waals surface area contributed by atoms with Gasteiger partial charge in [-0.2, -0.15) is 0 Å². The Bertz CT molecular complexity index is 398. The fraction of sp³-hybridized carbons (Fsp3) is 0.643. The Morgan fingerprint density at radius 3 is 3.06 bits per heavy atom. The summed E-state index contributed by atoms with van der Waals surface area (Å²) in [7, 11) is 0. The molecule has 2 saturated heterocycles. The van der Waals surface area contributed by atoms with Crippen molar-refractivity contribution in [1.82, 2.24) is 10.2 Å². The van der Waals surface area contributed by atoms with E-state index in [1.807, 2.05) is 0 Å². The largest absolute Gasteiger partial charge is 0.335 e. The first-order valence-corrected chi connectivity index (χ1v) is 7.79. The highest BCUT2D eigenvalue weighted by molar-refractivity contribution is 7.10. The van der Waals surface area contributed by atoms with Crippen molar-refractivity contribution in [3.63, 3.8) is 0 Å². The lowest BCUT2D eigenvalue weighted by Gasteiger charge is -2.30. The summed E-state index contributed by atoms with van der Waals surface area (Å²) < 4.78 is 0. The number of hydrogen-bond donors (Lipinski definition) is 1. The molecular formula is C14H20N2OS. The summed E-state index contributed by atoms with van der Waals surface area (Å²) in [4.78, 5) is 16.1. The van der Waals surface area contributed by atoms with Crippen LogP contribution in [0.25, 0.3) is 0 Å². The molecule has 1 aromatic rings. The first-order valence-electron chi connectivity index (χ1n) is 6.91. The highest BCUT2D eigenvalue weighted by Crippen LogP contribution is 2.35. The normalized spacial score (nSPS) is 28.6. The highest BCUT2D eigenvalue weighted by Gasteiger charge is 2.34. The van der Waals surface area contributed by atoms with Crippen molar-refractivity contribution in [2.45, 2.75) is 31.7 Å². The number of amides is 1. The molecule has 1 aromatic heterocycles. The molecule has 3 rings (SSSR count). The van der Waals surface area contributed by atoms with E-state index in [1.54, 1.807) is 11.3 Å². The highest BCUT2D eigenvalue weighted by atomic mass is 32.1. The maximum absolute atomic E-state index is 12.6. The number of thiophene rings is 1. The zero-order valence-electron chi connectivity index (χ0n) is 10.6. The number of piperidine rings is 1. The van der Waals surface area contributed by atoms with Gasteiger partial charge in [-0.05, 0) is 43.7 Å². The van der Waals surface area contributed by atoms with Crippen LogP contribution in [-0.2, 0) is 4.79 Å². The average molecular weight is 264 g/mol. The van der Waals surface area contributed by atoms with Crippen LogP contribution in [0.1, 0.15) is 36.6 Å². The van der Waals surface area contributed by atoms with Gasteiger partial charge in [-0.25, -0.2) is 0 Å². The molecule has 0 saturated carbocycles. The summed E-state index contributed by atoms with van der Waals surface area (Å²) >= 11 is 1.78. The van der Waals surface area contributed by atoms with Crippen LogP contribution in [0.4, 0.5) is 0 Å². The monoisotopic (exact) mass is 264 g/mol. The smallest absolute Gasteiger partial charge is 0.227 e. The van der Waals surface area contributed by atoms with Crippen molar-refractivity contribution in [2.75, 3.05) is 19.6 Å². The van der Waals surface area contributed by atoms with Gasteiger partial charge >= 0.3 is 0 Å². The van der Waals surface area contributed by atoms with E-state index in [0.29, 0.717) is 11.9 Å². The molecular weight excluding hydrogens is 244 g/mol. The second-order valence-electron chi connectivity index (χ2n) is 5.25. The molecule has 2 atom stereocenters. The van der Waals surface area contributed by atoms with E-state index in [9.17, 15) is 4.79 Å². The molecule has 3 heterocycles. The molecule has 2 fully saturated rings. The van der Waals surface area contributed by atoms with Gasteiger partial charge in [0.15, 0.2) is 0 Å². The van der Waals surface area contributed by atoms with Crippen LogP contribution in [0.3, 0.4) is 0 Å². The number of nitrogens with zero attached hydrogens (tertiary/aromatic N) is 1. The second-order valence-corrected chi connectivity index (χ2v) is 6.23. The number of likely N-dealkylation sites (tertiary alicyclic amines) is 1. The standard InChI is InChI=1S/C14H20N2OS/c17-14(11-4-1-7-15-10-11)16-8-2-5-12(16)13-6-3-9-18-13/h3,6,9,11-12,15H,1-2,4-5,7-8,10H2/t11-,12?/m1/s1. The predicted molar refractivity (Wildman–Crippen MR) is 73.6 cm³/mol. The molecule has 98 valence electrons. The molecule has 2 aliphatic rings. The van der Waals surface area contributed by atoms with Crippen LogP contribution in [0.15, 0.2) is 17.5 Å². The lowest BCUT2D eigenvalue weighted by molar-refractivity contribution is -0.137. The molecule has 4 heteroatoms. The Morgan fingerprint density at radius 2 is 2.33 bits per heavy atom. The minimum Gasteiger partial charge on any atom is -0.335 e. The summed E-state index contributed by atoms with van der Waals surface area (Å²) in [6.45, 7) is 2.88. The number of carbonyl (C=O) groups excluding carboxylic acids is 1. The average Bonchev–Trinajstić information content (AvgIpc) is 3.09. The first kappa shape index (κ1) is 12.2. The Balaban J connectivity index is 1.72. The van der Waals surface area contributed by atoms with E-state index >= 15 is 0 Å². The maximum Gasteiger partial charge on any atom is 0.227 e. The van der Waals surface area contributed by atoms with Crippen LogP contribution < -0.4 is 5.32 Å². The number of nitrogens with one attached hydrogen (secondary N) is 1. The summed E-state index contributed by atoms with van der Waals surface area (Å²) in [5.41, 5.74) is 0. The van der Waals surface area contributed by atoms with Crippen LogP contribution in [0, 0.1) is 5.92 Å². The minimum absolute atomic E-state index is 0.208. The Hall–Kier alpha value is -0.870. The van der Waals surface area contributed by atoms with Crippen molar-refractivity contribution in [1.29, 1.82) is 0 Å². The molecule has 0 aliphatic carbocycles. The third kappa shape index (κ3) is 2.31. The Morgan fingerprint density at radius 1 is 1.39 bits per heavy atom. The molecule has 1 unspecified atom stereocenters. The molecule has 1 amide bonds. The second kappa shape index (κ2) is 5.41. The van der Waals surface area contributed by atoms with Gasteiger partial charge in [0.1, 0.15) is 0 Å². The van der Waals surface area contributed by atoms with Crippen molar-refractivity contribution in [3.05, 3.63) is 22.4 Å². The first-order chi connectivity index (χ1) is 8.86. The molecule has 0 radical (unpaired) electrons. The number of rotatable bonds is 2. The van der Waals surface area contributed by atoms with Crippen molar-refractivity contribution >= 4 is 17.2 Å². The van der Waals surface area contributed by atoms with Gasteiger partial charge in [-0.15, -0.1) is 11.3 Å². The van der Waals surface area contributed by atoms with Crippen LogP contribution in [0.2, 0.25) is 0 Å². The summed E-state index contributed by atoms with van der Waals surface area (Å²) in [5, 5.41) is 5.45. The van der Waals surface area contributed by atoms with E-state index in [4.69, 9.17) is 0 Å². The van der Waals surface area contributed by atoms with Gasteiger partial charge in [-0.3, -0.25) is 4.79 Å². The zero-order chi connectivity index (χ0) is 12.4. The predicted octanol–water partition coefficient (Wildman–Crippen LogP) is 2.41. The fourth-order valence-corrected chi connectivity index (χ4v) is 3.98. The molecule has 0 bridgehead atoms. The lowest BCUT2D eigenvalue weighted by Crippen LogP contribution is -2.42. The van der Waals surface area contributed by atoms with E-state index < -0.39 is 0 Å². The van der Waals surface area contributed by atoms with Gasteiger partial charge in [0, 0.05) is 18.0 Å². The molecule has 0 aromatic carbocycles. The quantitative estimate of drug-likeness (QED) is 0.889. The van der Waals surface area contributed by atoms with Gasteiger partial charge in [0.2, 0.25) is 5.91 Å². The zero-order valence-corrected chi connectivity index (χ0v) is 11.4. The van der Waals surface area contributed by atoms with Gasteiger partial charge < -0.3 is 10.2 Å². The number of hydrogen-bond acceptors (Lipinski definition) is 3. The fourth-order valence-electron chi connectivity index (χ4n) is 3.10. The number of carbonyl (C=O) groups is 1. The summed E-state index contributed by atoms with van der Waals surface area (Å²) in [5.74, 6) is 0.581. The molecule has 3 nitrogen and oxygen atoms in total. The molecule has 0 spiro atoms. The van der Waals surface area contributed by atoms with Crippen molar-refractivity contribution in [3.8, 4) is 0 Å². The van der Waals surface area contributed by atoms with E-state index in [2.05, 4.69) is 27.7 Å². The van der Waals surface area contributed by atoms with Gasteiger partial charge in [-0.1, -0.05) is 6.07 Å². The van der Waals surface area contributed by atoms with Gasteiger partial charge in [0.05, 0.1) is 12.0 Å². The van der Waals surface area contributed by atoms with Crippen molar-refractivity contribution < 1.29 is 4.79 Å². The minimum atomic E-state index is 0.208. The molecule has 1 N–H and O–H groups in total.